The maximum atomic E-state index is 3.80. The summed E-state index contributed by atoms with van der Waals surface area (Å²) >= 11 is 0. The zero-order valence-corrected chi connectivity index (χ0v) is 21.9. The summed E-state index contributed by atoms with van der Waals surface area (Å²) in [4.78, 5) is 0. The Morgan fingerprint density at radius 3 is 1.26 bits per heavy atom. The highest BCUT2D eigenvalue weighted by Crippen LogP contribution is 2.76. The van der Waals surface area contributed by atoms with E-state index in [2.05, 4.69) is 30.6 Å². The first-order chi connectivity index (χ1) is 15.0. The average Bonchev–Trinajstić information content (AvgIpc) is 2.75. The summed E-state index contributed by atoms with van der Waals surface area (Å²) in [6.45, 7) is 13.7. The highest BCUT2D eigenvalue weighted by Gasteiger charge is 2.67. The van der Waals surface area contributed by atoms with Gasteiger partial charge in [-0.25, -0.2) is 0 Å². The average molecular weight is 423 g/mol. The highest BCUT2D eigenvalue weighted by atomic mass is 14.7. The Kier molecular flexibility index (Phi) is 7.94. The largest absolute Gasteiger partial charge is 0.107 e. The van der Waals surface area contributed by atoms with E-state index in [1.807, 2.05) is 41.5 Å². The normalized spacial score (nSPS) is 46.5. The molecule has 0 radical (unpaired) electrons. The Balaban J connectivity index is 0.000000304. The van der Waals surface area contributed by atoms with E-state index in [0.29, 0.717) is 5.41 Å². The first kappa shape index (κ1) is 24.8. The van der Waals surface area contributed by atoms with Gasteiger partial charge in [-0.05, 0) is 138 Å². The first-order valence-electron chi connectivity index (χ1n) is 13.8. The van der Waals surface area contributed by atoms with Gasteiger partial charge in [-0.3, -0.25) is 0 Å². The lowest BCUT2D eigenvalue weighted by molar-refractivity contribution is -0.210. The molecule has 0 amide bonds. The van der Waals surface area contributed by atoms with E-state index >= 15 is 0 Å². The van der Waals surface area contributed by atoms with E-state index in [-0.39, 0.29) is 0 Å². The predicted octanol–water partition coefficient (Wildman–Crippen LogP) is 8.89. The van der Waals surface area contributed by atoms with E-state index in [0.717, 1.165) is 40.4 Å². The summed E-state index contributed by atoms with van der Waals surface area (Å²) in [6.07, 6.45) is 18.8. The summed E-state index contributed by atoms with van der Waals surface area (Å²) < 4.78 is 0. The van der Waals surface area contributed by atoms with Crippen LogP contribution in [0.3, 0.4) is 0 Å². The molecule has 8 fully saturated rings. The second-order valence-corrected chi connectivity index (χ2v) is 11.6. The van der Waals surface area contributed by atoms with Crippen LogP contribution in [-0.4, -0.2) is 0 Å². The molecule has 8 aliphatic carbocycles. The van der Waals surface area contributed by atoms with Crippen molar-refractivity contribution in [2.24, 2.45) is 45.8 Å². The van der Waals surface area contributed by atoms with Crippen molar-refractivity contribution in [3.05, 3.63) is 0 Å². The van der Waals surface area contributed by atoms with Gasteiger partial charge < -0.3 is 0 Å². The molecule has 0 saturated heterocycles. The molecule has 31 heavy (non-hydrogen) atoms. The molecule has 0 N–H and O–H groups in total. The quantitative estimate of drug-likeness (QED) is 0.370. The van der Waals surface area contributed by atoms with Gasteiger partial charge in [-0.15, -0.1) is 17.8 Å². The maximum Gasteiger partial charge on any atom is 0.0325 e. The highest BCUT2D eigenvalue weighted by molar-refractivity contribution is 5.24. The lowest BCUT2D eigenvalue weighted by Gasteiger charge is -2.71. The van der Waals surface area contributed by atoms with Gasteiger partial charge in [0.25, 0.3) is 0 Å². The molecule has 0 aromatic rings. The zero-order valence-electron chi connectivity index (χ0n) is 21.9. The first-order valence-corrected chi connectivity index (χ1v) is 13.8. The molecule has 8 aliphatic rings. The third kappa shape index (κ3) is 4.36. The molecule has 0 nitrogen and oxygen atoms in total. The fourth-order valence-corrected chi connectivity index (χ4v) is 10.1. The summed E-state index contributed by atoms with van der Waals surface area (Å²) in [5.74, 6) is 17.9. The summed E-state index contributed by atoms with van der Waals surface area (Å²) in [7, 11) is 0. The van der Waals surface area contributed by atoms with Gasteiger partial charge in [0, 0.05) is 5.41 Å². The van der Waals surface area contributed by atoms with Crippen LogP contribution in [0.1, 0.15) is 126 Å². The van der Waals surface area contributed by atoms with Gasteiger partial charge in [0.1, 0.15) is 0 Å². The van der Waals surface area contributed by atoms with Crippen LogP contribution < -0.4 is 0 Å². The van der Waals surface area contributed by atoms with Crippen LogP contribution in [-0.2, 0) is 0 Å². The van der Waals surface area contributed by atoms with Crippen molar-refractivity contribution in [2.75, 3.05) is 0 Å². The zero-order chi connectivity index (χ0) is 22.7. The molecule has 8 saturated carbocycles. The van der Waals surface area contributed by atoms with Gasteiger partial charge >= 0.3 is 0 Å². The summed E-state index contributed by atoms with van der Waals surface area (Å²) in [5, 5.41) is 0. The fraction of sp³-hybridized carbons (Fsp3) is 0.871. The Labute approximate surface area is 195 Å². The van der Waals surface area contributed by atoms with E-state index in [4.69, 9.17) is 0 Å². The SMILES string of the molecule is CC.CC.CC#CC.CC#CC12CC3CC(C1)CC(C14CC5CC(CC(C5)C1)C4)(C3)C2. The third-order valence-electron chi connectivity index (χ3n) is 9.86. The van der Waals surface area contributed by atoms with Gasteiger partial charge in [-0.2, -0.15) is 0 Å². The van der Waals surface area contributed by atoms with E-state index < -0.39 is 0 Å². The van der Waals surface area contributed by atoms with E-state index in [1.54, 1.807) is 57.8 Å². The minimum absolute atomic E-state index is 0.447. The molecule has 0 heteroatoms. The maximum absolute atomic E-state index is 3.80. The minimum atomic E-state index is 0.447. The molecule has 174 valence electrons. The lowest BCUT2D eigenvalue weighted by atomic mass is 9.33. The number of rotatable bonds is 1. The van der Waals surface area contributed by atoms with Crippen molar-refractivity contribution < 1.29 is 0 Å². The van der Waals surface area contributed by atoms with Gasteiger partial charge in [-0.1, -0.05) is 33.6 Å². The van der Waals surface area contributed by atoms with Crippen LogP contribution >= 0.6 is 0 Å². The van der Waals surface area contributed by atoms with E-state index in [1.165, 1.54) is 19.3 Å². The van der Waals surface area contributed by atoms with Crippen LogP contribution in [0, 0.1) is 69.5 Å². The van der Waals surface area contributed by atoms with Crippen molar-refractivity contribution >= 4 is 0 Å². The molecule has 2 atom stereocenters. The molecule has 8 rings (SSSR count). The van der Waals surface area contributed by atoms with Crippen LogP contribution in [0.25, 0.3) is 0 Å². The van der Waals surface area contributed by atoms with Crippen molar-refractivity contribution in [3.8, 4) is 23.7 Å². The monoisotopic (exact) mass is 422 g/mol. The summed E-state index contributed by atoms with van der Waals surface area (Å²) in [5.41, 5.74) is 1.93. The van der Waals surface area contributed by atoms with Gasteiger partial charge in [0.15, 0.2) is 0 Å². The van der Waals surface area contributed by atoms with E-state index in [9.17, 15) is 0 Å². The molecule has 0 aromatic heterocycles. The standard InChI is InChI=1S/C23H32.C4H6.2C2H6/c1-2-3-21-8-19-7-20(9-21)14-23(13-19,15-21)22-10-16-4-17(11-22)6-18(5-16)12-22;1-3-4-2;2*1-2/h16-20H,4-15H2,1H3;1-2H3;2*1-2H3. The molecule has 0 aromatic carbocycles. The molecule has 2 unspecified atom stereocenters. The predicted molar refractivity (Wildman–Crippen MR) is 135 cm³/mol. The van der Waals surface area contributed by atoms with Crippen LogP contribution in [0.2, 0.25) is 0 Å². The van der Waals surface area contributed by atoms with Gasteiger partial charge in [0.05, 0.1) is 0 Å². The van der Waals surface area contributed by atoms with Gasteiger partial charge in [0.2, 0.25) is 0 Å². The molecular weight excluding hydrogens is 372 g/mol. The fourth-order valence-electron chi connectivity index (χ4n) is 10.1. The lowest BCUT2D eigenvalue weighted by Crippen LogP contribution is -2.62. The Bertz CT molecular complexity index is 661. The molecular formula is C31H50. The molecule has 8 bridgehead atoms. The smallest absolute Gasteiger partial charge is 0.0325 e. The van der Waals surface area contributed by atoms with Crippen molar-refractivity contribution in [2.45, 2.75) is 126 Å². The van der Waals surface area contributed by atoms with Crippen LogP contribution in [0.5, 0.6) is 0 Å². The molecule has 0 spiro atoms. The third-order valence-corrected chi connectivity index (χ3v) is 9.86. The molecule has 0 aliphatic heterocycles. The number of hydrogen-bond donors (Lipinski definition) is 0. The second kappa shape index (κ2) is 9.94. The van der Waals surface area contributed by atoms with Crippen molar-refractivity contribution in [3.63, 3.8) is 0 Å². The topological polar surface area (TPSA) is 0 Å². The summed E-state index contributed by atoms with van der Waals surface area (Å²) in [6, 6.07) is 0. The number of hydrogen-bond acceptors (Lipinski definition) is 0. The second-order valence-electron chi connectivity index (χ2n) is 11.6. The molecule has 0 heterocycles. The van der Waals surface area contributed by atoms with Crippen LogP contribution in [0.4, 0.5) is 0 Å². The van der Waals surface area contributed by atoms with Crippen molar-refractivity contribution in [1.29, 1.82) is 0 Å². The Hall–Kier alpha value is -0.880. The van der Waals surface area contributed by atoms with Crippen LogP contribution in [0.15, 0.2) is 0 Å². The Morgan fingerprint density at radius 2 is 0.871 bits per heavy atom. The van der Waals surface area contributed by atoms with Crippen molar-refractivity contribution in [1.82, 2.24) is 0 Å². The minimum Gasteiger partial charge on any atom is -0.107 e. The Morgan fingerprint density at radius 1 is 0.484 bits per heavy atom.